The van der Waals surface area contributed by atoms with Crippen molar-refractivity contribution >= 4 is 17.5 Å². The van der Waals surface area contributed by atoms with Gasteiger partial charge in [0.1, 0.15) is 17.3 Å². The van der Waals surface area contributed by atoms with E-state index in [-0.39, 0.29) is 11.5 Å². The normalized spacial score (nSPS) is 16.5. The van der Waals surface area contributed by atoms with E-state index in [1.165, 1.54) is 19.2 Å². The van der Waals surface area contributed by atoms with Crippen LogP contribution >= 0.6 is 0 Å². The molecule has 2 aliphatic heterocycles. The first-order valence-electron chi connectivity index (χ1n) is 11.0. The number of hydrogen-bond donors (Lipinski definition) is 0. The number of piperazine rings is 1. The second kappa shape index (κ2) is 9.09. The summed E-state index contributed by atoms with van der Waals surface area (Å²) >= 11 is 0. The number of amidine groups is 1. The van der Waals surface area contributed by atoms with Crippen LogP contribution in [0, 0.1) is 12.3 Å². The summed E-state index contributed by atoms with van der Waals surface area (Å²) in [5.41, 5.74) is 1.68. The van der Waals surface area contributed by atoms with Gasteiger partial charge in [-0.2, -0.15) is 0 Å². The largest absolute Gasteiger partial charge is 0.469 e. The van der Waals surface area contributed by atoms with Gasteiger partial charge in [-0.25, -0.2) is 13.8 Å². The molecule has 33 heavy (non-hydrogen) atoms. The van der Waals surface area contributed by atoms with Gasteiger partial charge in [0.25, 0.3) is 6.43 Å². The minimum absolute atomic E-state index is 0.0842. The molecule has 0 saturated carbocycles. The molecule has 0 N–H and O–H groups in total. The maximum absolute atomic E-state index is 13.4. The second-order valence-corrected chi connectivity index (χ2v) is 9.20. The number of benzene rings is 2. The predicted molar refractivity (Wildman–Crippen MR) is 123 cm³/mol. The monoisotopic (exact) mass is 457 g/mol. The van der Waals surface area contributed by atoms with Crippen LogP contribution < -0.4 is 4.74 Å². The third-order valence-corrected chi connectivity index (χ3v) is 6.09. The molecule has 0 spiro atoms. The van der Waals surface area contributed by atoms with Crippen LogP contribution in [-0.2, 0) is 9.53 Å². The third kappa shape index (κ3) is 4.85. The number of aliphatic imine (C=N–C) groups is 1. The standard InChI is InChI=1S/C25H29F2N3O3/c1-16-5-8-19-21(13-16)33-20-14-17(22(26)27)6-7-18(20)23(28-19)30-11-9-29(10-12-30)15-25(2,3)24(31)32-4/h5-8,13-14,22H,9-12,15H2,1-4H3. The molecule has 2 aliphatic rings. The molecule has 6 nitrogen and oxygen atoms in total. The van der Waals surface area contributed by atoms with E-state index in [0.29, 0.717) is 48.2 Å². The average Bonchev–Trinajstić information content (AvgIpc) is 2.94. The summed E-state index contributed by atoms with van der Waals surface area (Å²) in [6.07, 6.45) is -2.58. The summed E-state index contributed by atoms with van der Waals surface area (Å²) in [7, 11) is 1.41. The second-order valence-electron chi connectivity index (χ2n) is 9.20. The van der Waals surface area contributed by atoms with Gasteiger partial charge in [-0.05, 0) is 50.6 Å². The Morgan fingerprint density at radius 2 is 1.85 bits per heavy atom. The van der Waals surface area contributed by atoms with E-state index in [2.05, 4.69) is 9.80 Å². The SMILES string of the molecule is COC(=O)C(C)(C)CN1CCN(C2=Nc3ccc(C)cc3Oc3cc(C(F)F)ccc32)CC1. The first-order chi connectivity index (χ1) is 15.7. The highest BCUT2D eigenvalue weighted by Crippen LogP contribution is 2.40. The number of rotatable bonds is 4. The molecule has 1 saturated heterocycles. The van der Waals surface area contributed by atoms with Crippen molar-refractivity contribution in [3.8, 4) is 11.5 Å². The quantitative estimate of drug-likeness (QED) is 0.609. The zero-order valence-corrected chi connectivity index (χ0v) is 19.4. The van der Waals surface area contributed by atoms with Crippen LogP contribution in [0.5, 0.6) is 11.5 Å². The zero-order valence-electron chi connectivity index (χ0n) is 19.4. The number of halogens is 2. The Morgan fingerprint density at radius 1 is 1.12 bits per heavy atom. The number of methoxy groups -OCH3 is 1. The van der Waals surface area contributed by atoms with Crippen LogP contribution in [0.25, 0.3) is 0 Å². The van der Waals surface area contributed by atoms with Crippen molar-refractivity contribution in [3.05, 3.63) is 53.1 Å². The van der Waals surface area contributed by atoms with Crippen LogP contribution in [-0.4, -0.2) is 61.4 Å². The summed E-state index contributed by atoms with van der Waals surface area (Å²) in [5.74, 6) is 1.41. The van der Waals surface area contributed by atoms with Gasteiger partial charge in [0, 0.05) is 38.3 Å². The summed E-state index contributed by atoms with van der Waals surface area (Å²) < 4.78 is 37.8. The Labute approximate surface area is 192 Å². The van der Waals surface area contributed by atoms with Gasteiger partial charge in [-0.1, -0.05) is 12.1 Å². The summed E-state index contributed by atoms with van der Waals surface area (Å²) in [6.45, 7) is 9.17. The molecule has 0 aromatic heterocycles. The molecular formula is C25H29F2N3O3. The van der Waals surface area contributed by atoms with Crippen LogP contribution in [0.3, 0.4) is 0 Å². The molecule has 0 bridgehead atoms. The van der Waals surface area contributed by atoms with Crippen molar-refractivity contribution in [2.45, 2.75) is 27.2 Å². The zero-order chi connectivity index (χ0) is 23.8. The van der Waals surface area contributed by atoms with Gasteiger partial charge in [-0.15, -0.1) is 0 Å². The van der Waals surface area contributed by atoms with E-state index in [4.69, 9.17) is 14.5 Å². The molecular weight excluding hydrogens is 428 g/mol. The summed E-state index contributed by atoms with van der Waals surface area (Å²) in [4.78, 5) is 21.4. The number of carbonyl (C=O) groups is 1. The lowest BCUT2D eigenvalue weighted by molar-refractivity contribution is -0.152. The first-order valence-corrected chi connectivity index (χ1v) is 11.0. The number of carbonyl (C=O) groups excluding carboxylic acids is 1. The van der Waals surface area contributed by atoms with Crippen molar-refractivity contribution in [1.82, 2.24) is 9.80 Å². The van der Waals surface area contributed by atoms with Gasteiger partial charge in [0.05, 0.1) is 18.1 Å². The molecule has 0 atom stereocenters. The average molecular weight is 458 g/mol. The highest BCUT2D eigenvalue weighted by Gasteiger charge is 2.33. The van der Waals surface area contributed by atoms with Crippen molar-refractivity contribution < 1.29 is 23.0 Å². The van der Waals surface area contributed by atoms with Crippen LogP contribution in [0.2, 0.25) is 0 Å². The Kier molecular flexibility index (Phi) is 6.38. The minimum atomic E-state index is -2.58. The third-order valence-electron chi connectivity index (χ3n) is 6.09. The molecule has 176 valence electrons. The van der Waals surface area contributed by atoms with E-state index in [1.54, 1.807) is 6.07 Å². The number of alkyl halides is 2. The molecule has 2 aromatic rings. The molecule has 0 radical (unpaired) electrons. The summed E-state index contributed by atoms with van der Waals surface area (Å²) in [5, 5.41) is 0. The molecule has 4 rings (SSSR count). The van der Waals surface area contributed by atoms with Gasteiger partial charge in [-0.3, -0.25) is 9.69 Å². The van der Waals surface area contributed by atoms with Crippen LogP contribution in [0.4, 0.5) is 14.5 Å². The maximum atomic E-state index is 13.4. The van der Waals surface area contributed by atoms with E-state index in [0.717, 1.165) is 18.7 Å². The Bertz CT molecular complexity index is 1080. The van der Waals surface area contributed by atoms with Gasteiger partial charge in [0.15, 0.2) is 5.75 Å². The number of aryl methyl sites for hydroxylation is 1. The van der Waals surface area contributed by atoms with E-state index >= 15 is 0 Å². The van der Waals surface area contributed by atoms with E-state index in [9.17, 15) is 13.6 Å². The van der Waals surface area contributed by atoms with Crippen LogP contribution in [0.1, 0.15) is 37.0 Å². The molecule has 0 unspecified atom stereocenters. The molecule has 2 aromatic carbocycles. The first kappa shape index (κ1) is 23.2. The van der Waals surface area contributed by atoms with Gasteiger partial charge >= 0.3 is 5.97 Å². The molecule has 8 heteroatoms. The van der Waals surface area contributed by atoms with Crippen LogP contribution in [0.15, 0.2) is 41.4 Å². The van der Waals surface area contributed by atoms with Crippen molar-refractivity contribution in [3.63, 3.8) is 0 Å². The Morgan fingerprint density at radius 3 is 2.52 bits per heavy atom. The number of nitrogens with zero attached hydrogens (tertiary/aromatic N) is 3. The highest BCUT2D eigenvalue weighted by molar-refractivity contribution is 6.04. The van der Waals surface area contributed by atoms with Gasteiger partial charge < -0.3 is 14.4 Å². The number of fused-ring (bicyclic) bond motifs is 2. The fraction of sp³-hybridized carbons (Fsp3) is 0.440. The number of ether oxygens (including phenoxy) is 2. The van der Waals surface area contributed by atoms with Crippen molar-refractivity contribution in [2.75, 3.05) is 39.8 Å². The topological polar surface area (TPSA) is 54.4 Å². The molecule has 2 heterocycles. The fourth-order valence-electron chi connectivity index (χ4n) is 4.29. The predicted octanol–water partition coefficient (Wildman–Crippen LogP) is 4.93. The molecule has 0 aliphatic carbocycles. The highest BCUT2D eigenvalue weighted by atomic mass is 19.3. The summed E-state index contributed by atoms with van der Waals surface area (Å²) in [6, 6.07) is 10.2. The smallest absolute Gasteiger partial charge is 0.312 e. The van der Waals surface area contributed by atoms with Crippen molar-refractivity contribution in [2.24, 2.45) is 10.4 Å². The van der Waals surface area contributed by atoms with E-state index in [1.807, 2.05) is 39.0 Å². The number of esters is 1. The lowest BCUT2D eigenvalue weighted by Gasteiger charge is -2.39. The maximum Gasteiger partial charge on any atom is 0.312 e. The molecule has 1 fully saturated rings. The minimum Gasteiger partial charge on any atom is -0.469 e. The Balaban J connectivity index is 1.62. The molecule has 0 amide bonds. The van der Waals surface area contributed by atoms with Crippen molar-refractivity contribution in [1.29, 1.82) is 0 Å². The lowest BCUT2D eigenvalue weighted by atomic mass is 9.92. The van der Waals surface area contributed by atoms with Gasteiger partial charge in [0.2, 0.25) is 0 Å². The Hall–Kier alpha value is -3.00. The van der Waals surface area contributed by atoms with E-state index < -0.39 is 11.8 Å². The lowest BCUT2D eigenvalue weighted by Crippen LogP contribution is -2.52. The fourth-order valence-corrected chi connectivity index (χ4v) is 4.29. The number of hydrogen-bond acceptors (Lipinski definition) is 6.